The average Bonchev–Trinajstić information content (AvgIpc) is 2.78. The zero-order valence-electron chi connectivity index (χ0n) is 11.4. The van der Waals surface area contributed by atoms with Gasteiger partial charge in [-0.15, -0.1) is 11.3 Å². The van der Waals surface area contributed by atoms with Gasteiger partial charge in [0.15, 0.2) is 0 Å². The second-order valence-electron chi connectivity index (χ2n) is 4.70. The highest BCUT2D eigenvalue weighted by Crippen LogP contribution is 2.37. The highest BCUT2D eigenvalue weighted by molar-refractivity contribution is 9.12. The van der Waals surface area contributed by atoms with E-state index in [2.05, 4.69) is 66.1 Å². The first kappa shape index (κ1) is 17.6. The third kappa shape index (κ3) is 4.61. The fourth-order valence-corrected chi connectivity index (χ4v) is 5.53. The van der Waals surface area contributed by atoms with Crippen LogP contribution in [0.25, 0.3) is 0 Å². The Hall–Kier alpha value is 0.250. The Morgan fingerprint density at radius 1 is 1.29 bits per heavy atom. The van der Waals surface area contributed by atoms with Crippen LogP contribution in [-0.4, -0.2) is 6.54 Å². The fraction of sp³-hybridized carbons (Fsp3) is 0.333. The Kier molecular flexibility index (Phi) is 6.87. The summed E-state index contributed by atoms with van der Waals surface area (Å²) in [7, 11) is 0. The minimum absolute atomic E-state index is 0.153. The van der Waals surface area contributed by atoms with Crippen LogP contribution in [0.5, 0.6) is 0 Å². The van der Waals surface area contributed by atoms with Crippen molar-refractivity contribution in [2.75, 3.05) is 6.54 Å². The van der Waals surface area contributed by atoms with Gasteiger partial charge in [-0.2, -0.15) is 0 Å². The minimum Gasteiger partial charge on any atom is -0.310 e. The lowest BCUT2D eigenvalue weighted by Gasteiger charge is -2.19. The third-order valence-electron chi connectivity index (χ3n) is 3.15. The third-order valence-corrected chi connectivity index (χ3v) is 6.43. The van der Waals surface area contributed by atoms with Crippen LogP contribution in [-0.2, 0) is 6.42 Å². The van der Waals surface area contributed by atoms with Gasteiger partial charge in [0.1, 0.15) is 5.82 Å². The van der Waals surface area contributed by atoms with Gasteiger partial charge >= 0.3 is 0 Å². The zero-order chi connectivity index (χ0) is 15.4. The Balaban J connectivity index is 2.28. The molecule has 1 unspecified atom stereocenters. The topological polar surface area (TPSA) is 12.0 Å². The van der Waals surface area contributed by atoms with Crippen molar-refractivity contribution < 1.29 is 4.39 Å². The molecular formula is C15H15Br3FNS. The van der Waals surface area contributed by atoms with Gasteiger partial charge in [0.05, 0.1) is 12.0 Å². The quantitative estimate of drug-likeness (QED) is 0.481. The van der Waals surface area contributed by atoms with E-state index in [1.54, 1.807) is 17.4 Å². The summed E-state index contributed by atoms with van der Waals surface area (Å²) in [5.74, 6) is -0.215. The number of thiophene rings is 1. The van der Waals surface area contributed by atoms with E-state index in [1.165, 1.54) is 11.6 Å². The van der Waals surface area contributed by atoms with E-state index in [9.17, 15) is 4.39 Å². The van der Waals surface area contributed by atoms with Crippen molar-refractivity contribution >= 4 is 59.1 Å². The first-order valence-corrected chi connectivity index (χ1v) is 9.83. The molecule has 1 heterocycles. The first-order chi connectivity index (χ1) is 10.0. The maximum absolute atomic E-state index is 13.7. The summed E-state index contributed by atoms with van der Waals surface area (Å²) < 4.78 is 16.4. The number of hydrogen-bond acceptors (Lipinski definition) is 2. The summed E-state index contributed by atoms with van der Waals surface area (Å²) in [6.45, 7) is 3.07. The van der Waals surface area contributed by atoms with Gasteiger partial charge in [0, 0.05) is 6.04 Å². The monoisotopic (exact) mass is 497 g/mol. The maximum atomic E-state index is 13.7. The Bertz CT molecular complexity index is 615. The minimum atomic E-state index is -0.215. The normalized spacial score (nSPS) is 12.6. The number of hydrogen-bond donors (Lipinski definition) is 1. The lowest BCUT2D eigenvalue weighted by atomic mass is 10.0. The average molecular weight is 500 g/mol. The Labute approximate surface area is 153 Å². The lowest BCUT2D eigenvalue weighted by Crippen LogP contribution is -2.24. The maximum Gasteiger partial charge on any atom is 0.137 e. The molecule has 6 heteroatoms. The van der Waals surface area contributed by atoms with Crippen molar-refractivity contribution in [3.05, 3.63) is 53.3 Å². The van der Waals surface area contributed by atoms with Crippen LogP contribution in [0.1, 0.15) is 30.5 Å². The van der Waals surface area contributed by atoms with Crippen LogP contribution in [0.15, 0.2) is 36.3 Å². The van der Waals surface area contributed by atoms with E-state index in [0.717, 1.165) is 32.5 Å². The van der Waals surface area contributed by atoms with E-state index in [4.69, 9.17) is 0 Å². The molecule has 0 saturated carbocycles. The molecule has 0 fully saturated rings. The Morgan fingerprint density at radius 3 is 2.67 bits per heavy atom. The van der Waals surface area contributed by atoms with Gasteiger partial charge in [0.2, 0.25) is 0 Å². The van der Waals surface area contributed by atoms with E-state index < -0.39 is 0 Å². The Morgan fingerprint density at radius 2 is 2.05 bits per heavy atom. The fourth-order valence-electron chi connectivity index (χ4n) is 2.13. The van der Waals surface area contributed by atoms with Crippen molar-refractivity contribution in [3.63, 3.8) is 0 Å². The van der Waals surface area contributed by atoms with Gasteiger partial charge in [-0.05, 0) is 90.4 Å². The summed E-state index contributed by atoms with van der Waals surface area (Å²) in [5, 5.41) is 3.55. The standard InChI is InChI=1S/C15H15Br3FNS/c1-2-6-20-12(10-8-13(16)21-15(10)18)7-9-4-3-5-11(19)14(9)17/h3-5,8,12,20H,2,6-7H2,1H3. The molecule has 0 saturated heterocycles. The molecule has 0 amide bonds. The molecule has 1 aromatic carbocycles. The van der Waals surface area contributed by atoms with Crippen LogP contribution < -0.4 is 5.32 Å². The van der Waals surface area contributed by atoms with Crippen LogP contribution in [0.4, 0.5) is 4.39 Å². The van der Waals surface area contributed by atoms with Gasteiger partial charge < -0.3 is 5.32 Å². The molecule has 0 spiro atoms. The van der Waals surface area contributed by atoms with Crippen LogP contribution in [0.2, 0.25) is 0 Å². The lowest BCUT2D eigenvalue weighted by molar-refractivity contribution is 0.525. The van der Waals surface area contributed by atoms with E-state index in [0.29, 0.717) is 4.47 Å². The molecule has 1 nitrogen and oxygen atoms in total. The van der Waals surface area contributed by atoms with Crippen molar-refractivity contribution in [2.24, 2.45) is 0 Å². The molecule has 21 heavy (non-hydrogen) atoms. The summed E-state index contributed by atoms with van der Waals surface area (Å²) in [6, 6.07) is 7.46. The molecule has 114 valence electrons. The smallest absolute Gasteiger partial charge is 0.137 e. The molecule has 0 aliphatic heterocycles. The SMILES string of the molecule is CCCNC(Cc1cccc(F)c1Br)c1cc(Br)sc1Br. The highest BCUT2D eigenvalue weighted by Gasteiger charge is 2.19. The molecule has 0 aliphatic carbocycles. The van der Waals surface area contributed by atoms with Crippen LogP contribution >= 0.6 is 59.1 Å². The van der Waals surface area contributed by atoms with Crippen LogP contribution in [0, 0.1) is 5.82 Å². The van der Waals surface area contributed by atoms with Gasteiger partial charge in [-0.25, -0.2) is 4.39 Å². The van der Waals surface area contributed by atoms with Crippen molar-refractivity contribution in [2.45, 2.75) is 25.8 Å². The first-order valence-electron chi connectivity index (χ1n) is 6.64. The van der Waals surface area contributed by atoms with Gasteiger partial charge in [-0.3, -0.25) is 0 Å². The summed E-state index contributed by atoms with van der Waals surface area (Å²) in [4.78, 5) is 0. The van der Waals surface area contributed by atoms with Gasteiger partial charge in [0.25, 0.3) is 0 Å². The summed E-state index contributed by atoms with van der Waals surface area (Å²) >= 11 is 12.1. The molecule has 1 atom stereocenters. The number of rotatable bonds is 6. The molecule has 1 N–H and O–H groups in total. The second kappa shape index (κ2) is 8.20. The van der Waals surface area contributed by atoms with E-state index >= 15 is 0 Å². The van der Waals surface area contributed by atoms with E-state index in [-0.39, 0.29) is 11.9 Å². The van der Waals surface area contributed by atoms with Gasteiger partial charge in [-0.1, -0.05) is 19.1 Å². The molecular weight excluding hydrogens is 485 g/mol. The zero-order valence-corrected chi connectivity index (χ0v) is 17.0. The predicted octanol–water partition coefficient (Wildman–Crippen LogP) is 6.46. The largest absolute Gasteiger partial charge is 0.310 e. The van der Waals surface area contributed by atoms with Crippen molar-refractivity contribution in [3.8, 4) is 0 Å². The highest BCUT2D eigenvalue weighted by atomic mass is 79.9. The second-order valence-corrected chi connectivity index (χ2v) is 9.25. The number of nitrogens with one attached hydrogen (secondary N) is 1. The predicted molar refractivity (Wildman–Crippen MR) is 98.6 cm³/mol. The molecule has 0 aliphatic rings. The molecule has 2 rings (SSSR count). The van der Waals surface area contributed by atoms with E-state index in [1.807, 2.05) is 6.07 Å². The van der Waals surface area contributed by atoms with Crippen molar-refractivity contribution in [1.29, 1.82) is 0 Å². The number of halogens is 4. The number of benzene rings is 1. The molecule has 1 aromatic heterocycles. The van der Waals surface area contributed by atoms with Crippen molar-refractivity contribution in [1.82, 2.24) is 5.32 Å². The van der Waals surface area contributed by atoms with Crippen LogP contribution in [0.3, 0.4) is 0 Å². The summed E-state index contributed by atoms with van der Waals surface area (Å²) in [6.07, 6.45) is 1.80. The molecule has 0 bridgehead atoms. The molecule has 2 aromatic rings. The summed E-state index contributed by atoms with van der Waals surface area (Å²) in [5.41, 5.74) is 2.18. The molecule has 0 radical (unpaired) electrons.